The van der Waals surface area contributed by atoms with Crippen molar-refractivity contribution in [3.8, 4) is 0 Å². The predicted molar refractivity (Wildman–Crippen MR) is 101 cm³/mol. The number of β-lactam (4-membered cyclic amide) rings is 1. The highest BCUT2D eigenvalue weighted by Gasteiger charge is 2.54. The van der Waals surface area contributed by atoms with Gasteiger partial charge in [-0.2, -0.15) is 0 Å². The second-order valence-electron chi connectivity index (χ2n) is 6.60. The molecule has 0 saturated carbocycles. The molecule has 10 heteroatoms. The van der Waals surface area contributed by atoms with Crippen molar-refractivity contribution >= 4 is 35.5 Å². The largest absolute Gasteiger partial charge is 0.477 e. The second kappa shape index (κ2) is 8.19. The molecule has 0 radical (unpaired) electrons. The molecule has 0 bridgehead atoms. The van der Waals surface area contributed by atoms with Gasteiger partial charge in [-0.3, -0.25) is 19.3 Å². The summed E-state index contributed by atoms with van der Waals surface area (Å²) in [5, 5.41) is 11.6. The lowest BCUT2D eigenvalue weighted by molar-refractivity contribution is -0.151. The molecule has 3 rings (SSSR count). The SMILES string of the molecule is CC(=O)OCC1=C(C(=O)O)N2C(=O)C(NC(=O)C(N)C3=CCC=CC3)[C@H]2SC1. The van der Waals surface area contributed by atoms with Gasteiger partial charge in [0.05, 0.1) is 0 Å². The van der Waals surface area contributed by atoms with E-state index in [0.29, 0.717) is 18.4 Å². The van der Waals surface area contributed by atoms with Crippen LogP contribution in [0.25, 0.3) is 0 Å². The molecule has 1 fully saturated rings. The monoisotopic (exact) mass is 407 g/mol. The number of esters is 1. The zero-order valence-corrected chi connectivity index (χ0v) is 16.0. The summed E-state index contributed by atoms with van der Waals surface area (Å²) in [6.07, 6.45) is 7.10. The van der Waals surface area contributed by atoms with E-state index < -0.39 is 41.2 Å². The van der Waals surface area contributed by atoms with Crippen molar-refractivity contribution in [2.45, 2.75) is 37.2 Å². The average molecular weight is 407 g/mol. The second-order valence-corrected chi connectivity index (χ2v) is 7.71. The number of fused-ring (bicyclic) bond motifs is 1. The van der Waals surface area contributed by atoms with Crippen molar-refractivity contribution < 1.29 is 29.0 Å². The third-order valence-electron chi connectivity index (χ3n) is 4.72. The first-order valence-electron chi connectivity index (χ1n) is 8.74. The van der Waals surface area contributed by atoms with E-state index >= 15 is 0 Å². The lowest BCUT2D eigenvalue weighted by Crippen LogP contribution is -2.71. The molecule has 2 heterocycles. The van der Waals surface area contributed by atoms with Crippen LogP contribution < -0.4 is 11.1 Å². The minimum absolute atomic E-state index is 0.190. The molecular formula is C18H21N3O6S. The Morgan fingerprint density at radius 3 is 2.79 bits per heavy atom. The maximum absolute atomic E-state index is 12.6. The van der Waals surface area contributed by atoms with Crippen LogP contribution in [0, 0.1) is 0 Å². The standard InChI is InChI=1S/C18H21N3O6S/c1-9(22)27-7-11-8-28-17-13(16(24)21(17)14(11)18(25)26)20-15(23)12(19)10-5-3-2-4-6-10/h2-3,6,12-13,17H,4-5,7-8,19H2,1H3,(H,20,23)(H,25,26)/t12?,13?,17-/m1/s1. The number of amides is 2. The summed E-state index contributed by atoms with van der Waals surface area (Å²) < 4.78 is 4.89. The Bertz CT molecular complexity index is 818. The van der Waals surface area contributed by atoms with E-state index in [2.05, 4.69) is 5.32 Å². The van der Waals surface area contributed by atoms with Crippen LogP contribution in [0.1, 0.15) is 19.8 Å². The van der Waals surface area contributed by atoms with Crippen LogP contribution in [-0.4, -0.2) is 63.6 Å². The summed E-state index contributed by atoms with van der Waals surface area (Å²) in [5.74, 6) is -2.52. The summed E-state index contributed by atoms with van der Waals surface area (Å²) in [6, 6.07) is -1.69. The maximum atomic E-state index is 12.6. The van der Waals surface area contributed by atoms with Crippen LogP contribution in [0.3, 0.4) is 0 Å². The first-order chi connectivity index (χ1) is 13.3. The van der Waals surface area contributed by atoms with Gasteiger partial charge in [-0.1, -0.05) is 18.2 Å². The van der Waals surface area contributed by atoms with E-state index in [9.17, 15) is 24.3 Å². The maximum Gasteiger partial charge on any atom is 0.352 e. The fourth-order valence-corrected chi connectivity index (χ4v) is 4.59. The van der Waals surface area contributed by atoms with E-state index in [0.717, 1.165) is 10.5 Å². The molecule has 2 aliphatic heterocycles. The summed E-state index contributed by atoms with van der Waals surface area (Å²) in [6.45, 7) is 1.03. The number of nitrogens with zero attached hydrogens (tertiary/aromatic N) is 1. The van der Waals surface area contributed by atoms with Crippen LogP contribution in [0.2, 0.25) is 0 Å². The number of carbonyl (C=O) groups is 4. The van der Waals surface area contributed by atoms with Gasteiger partial charge in [0.15, 0.2) is 0 Å². The van der Waals surface area contributed by atoms with Gasteiger partial charge in [0, 0.05) is 18.2 Å². The topological polar surface area (TPSA) is 139 Å². The molecule has 0 aromatic carbocycles. The zero-order chi connectivity index (χ0) is 20.4. The number of hydrogen-bond acceptors (Lipinski definition) is 7. The van der Waals surface area contributed by atoms with Crippen molar-refractivity contribution in [3.63, 3.8) is 0 Å². The molecule has 4 N–H and O–H groups in total. The van der Waals surface area contributed by atoms with E-state index in [1.165, 1.54) is 18.7 Å². The molecule has 3 aliphatic rings. The van der Waals surface area contributed by atoms with Crippen LogP contribution in [-0.2, 0) is 23.9 Å². The number of hydrogen-bond donors (Lipinski definition) is 3. The number of rotatable bonds is 6. The predicted octanol–water partition coefficient (Wildman–Crippen LogP) is -0.108. The molecule has 2 amide bonds. The van der Waals surface area contributed by atoms with Gasteiger partial charge in [-0.15, -0.1) is 11.8 Å². The summed E-state index contributed by atoms with van der Waals surface area (Å²) in [4.78, 5) is 48.8. The number of thioether (sulfide) groups is 1. The summed E-state index contributed by atoms with van der Waals surface area (Å²) in [5.41, 5.74) is 6.94. The summed E-state index contributed by atoms with van der Waals surface area (Å²) in [7, 11) is 0. The molecular weight excluding hydrogens is 386 g/mol. The van der Waals surface area contributed by atoms with Gasteiger partial charge in [-0.25, -0.2) is 4.79 Å². The third kappa shape index (κ3) is 3.83. The Labute approximate surface area is 165 Å². The smallest absolute Gasteiger partial charge is 0.352 e. The minimum atomic E-state index is -1.28. The number of nitrogens with one attached hydrogen (secondary N) is 1. The average Bonchev–Trinajstić information content (AvgIpc) is 2.69. The van der Waals surface area contributed by atoms with Crippen molar-refractivity contribution in [3.05, 3.63) is 35.1 Å². The Morgan fingerprint density at radius 2 is 2.18 bits per heavy atom. The highest BCUT2D eigenvalue weighted by Crippen LogP contribution is 2.40. The zero-order valence-electron chi connectivity index (χ0n) is 15.2. The lowest BCUT2D eigenvalue weighted by Gasteiger charge is -2.49. The number of carbonyl (C=O) groups excluding carboxylic acids is 3. The number of nitrogens with two attached hydrogens (primary N) is 1. The van der Waals surface area contributed by atoms with Gasteiger partial charge >= 0.3 is 11.9 Å². The lowest BCUT2D eigenvalue weighted by atomic mass is 9.97. The molecule has 28 heavy (non-hydrogen) atoms. The van der Waals surface area contributed by atoms with Crippen LogP contribution in [0.5, 0.6) is 0 Å². The quantitative estimate of drug-likeness (QED) is 0.315. The van der Waals surface area contributed by atoms with Crippen molar-refractivity contribution in [1.29, 1.82) is 0 Å². The molecule has 150 valence electrons. The Kier molecular flexibility index (Phi) is 5.90. The highest BCUT2D eigenvalue weighted by molar-refractivity contribution is 8.00. The van der Waals surface area contributed by atoms with Crippen molar-refractivity contribution in [1.82, 2.24) is 10.2 Å². The van der Waals surface area contributed by atoms with Crippen LogP contribution in [0.15, 0.2) is 35.1 Å². The van der Waals surface area contributed by atoms with E-state index in [4.69, 9.17) is 10.5 Å². The highest BCUT2D eigenvalue weighted by atomic mass is 32.2. The number of aliphatic carboxylic acids is 1. The van der Waals surface area contributed by atoms with Gasteiger partial charge in [0.2, 0.25) is 5.91 Å². The molecule has 0 spiro atoms. The van der Waals surface area contributed by atoms with Gasteiger partial charge in [-0.05, 0) is 18.4 Å². The number of allylic oxidation sites excluding steroid dienone is 3. The number of carboxylic acid groups (broad SMARTS) is 1. The minimum Gasteiger partial charge on any atom is -0.477 e. The van der Waals surface area contributed by atoms with Crippen LogP contribution in [0.4, 0.5) is 0 Å². The Hall–Kier alpha value is -2.59. The van der Waals surface area contributed by atoms with E-state index in [1.807, 2.05) is 18.2 Å². The molecule has 0 aromatic rings. The molecule has 1 saturated heterocycles. The van der Waals surface area contributed by atoms with Gasteiger partial charge in [0.25, 0.3) is 5.91 Å². The Morgan fingerprint density at radius 1 is 1.43 bits per heavy atom. The van der Waals surface area contributed by atoms with E-state index in [1.54, 1.807) is 0 Å². The molecule has 2 unspecified atom stereocenters. The Balaban J connectivity index is 1.69. The van der Waals surface area contributed by atoms with E-state index in [-0.39, 0.29) is 18.1 Å². The van der Waals surface area contributed by atoms with Crippen molar-refractivity contribution in [2.75, 3.05) is 12.4 Å². The normalized spacial score (nSPS) is 24.7. The molecule has 1 aliphatic carbocycles. The number of carboxylic acids is 1. The van der Waals surface area contributed by atoms with Crippen molar-refractivity contribution in [2.24, 2.45) is 5.73 Å². The molecule has 9 nitrogen and oxygen atoms in total. The number of ether oxygens (including phenoxy) is 1. The first-order valence-corrected chi connectivity index (χ1v) is 9.79. The van der Waals surface area contributed by atoms with Gasteiger partial charge < -0.3 is 20.9 Å². The molecule has 3 atom stereocenters. The summed E-state index contributed by atoms with van der Waals surface area (Å²) >= 11 is 1.31. The first kappa shape index (κ1) is 20.2. The fraction of sp³-hybridized carbons (Fsp3) is 0.444. The molecule has 0 aromatic heterocycles. The van der Waals surface area contributed by atoms with Crippen LogP contribution >= 0.6 is 11.8 Å². The van der Waals surface area contributed by atoms with Gasteiger partial charge in [0.1, 0.15) is 29.8 Å². The third-order valence-corrected chi connectivity index (χ3v) is 6.06. The fourth-order valence-electron chi connectivity index (χ4n) is 3.27.